The normalized spacial score (nSPS) is 12.8. The fourth-order valence-corrected chi connectivity index (χ4v) is 3.64. The Bertz CT molecular complexity index is 769. The van der Waals surface area contributed by atoms with Crippen molar-refractivity contribution in [2.75, 3.05) is 12.3 Å². The number of aliphatic hydroxyl groups excluding tert-OH is 1. The first-order valence-corrected chi connectivity index (χ1v) is 9.39. The highest BCUT2D eigenvalue weighted by Crippen LogP contribution is 2.15. The van der Waals surface area contributed by atoms with Gasteiger partial charge in [-0.2, -0.15) is 0 Å². The van der Waals surface area contributed by atoms with Crippen LogP contribution in [0.3, 0.4) is 0 Å². The summed E-state index contributed by atoms with van der Waals surface area (Å²) in [6, 6.07) is 11.7. The van der Waals surface area contributed by atoms with Crippen LogP contribution in [-0.2, 0) is 21.7 Å². The average molecular weight is 350 g/mol. The molecule has 0 spiro atoms. The molecule has 1 heterocycles. The van der Waals surface area contributed by atoms with Gasteiger partial charge in [-0.3, -0.25) is 4.79 Å². The van der Waals surface area contributed by atoms with Crippen molar-refractivity contribution in [1.29, 1.82) is 0 Å². The molecule has 2 aromatic rings. The average Bonchev–Trinajstić information content (AvgIpc) is 3.00. The molecule has 1 aromatic heterocycles. The lowest BCUT2D eigenvalue weighted by molar-refractivity contribution is -0.120. The number of nitrogens with one attached hydrogen (secondary N) is 1. The molecular formula is C17H22N2O4S. The van der Waals surface area contributed by atoms with Gasteiger partial charge in [0.15, 0.2) is 9.84 Å². The van der Waals surface area contributed by atoms with E-state index < -0.39 is 15.9 Å². The monoisotopic (exact) mass is 350 g/mol. The molecule has 24 heavy (non-hydrogen) atoms. The number of carbonyl (C=O) groups is 1. The zero-order valence-corrected chi connectivity index (χ0v) is 14.4. The molecule has 0 aliphatic heterocycles. The van der Waals surface area contributed by atoms with E-state index in [-0.39, 0.29) is 29.5 Å². The summed E-state index contributed by atoms with van der Waals surface area (Å²) in [7, 11) is -1.61. The molecule has 0 saturated heterocycles. The molecule has 1 amide bonds. The third kappa shape index (κ3) is 4.94. The van der Waals surface area contributed by atoms with Crippen LogP contribution in [0, 0.1) is 0 Å². The van der Waals surface area contributed by atoms with Gasteiger partial charge in [0, 0.05) is 31.9 Å². The third-order valence-electron chi connectivity index (χ3n) is 3.77. The van der Waals surface area contributed by atoms with E-state index in [1.165, 1.54) is 12.1 Å². The molecular weight excluding hydrogens is 328 g/mol. The highest BCUT2D eigenvalue weighted by Gasteiger charge is 2.16. The predicted molar refractivity (Wildman–Crippen MR) is 91.1 cm³/mol. The number of sulfone groups is 1. The minimum absolute atomic E-state index is 0.0997. The van der Waals surface area contributed by atoms with Crippen molar-refractivity contribution in [2.45, 2.75) is 23.8 Å². The van der Waals surface area contributed by atoms with Crippen LogP contribution in [-0.4, -0.2) is 36.3 Å². The van der Waals surface area contributed by atoms with Crippen molar-refractivity contribution in [3.05, 3.63) is 54.4 Å². The van der Waals surface area contributed by atoms with Crippen LogP contribution in [0.4, 0.5) is 0 Å². The number of hydrogen-bond donors (Lipinski definition) is 2. The van der Waals surface area contributed by atoms with Crippen LogP contribution in [0.15, 0.2) is 53.6 Å². The molecule has 130 valence electrons. The van der Waals surface area contributed by atoms with Crippen molar-refractivity contribution in [1.82, 2.24) is 9.88 Å². The summed E-state index contributed by atoms with van der Waals surface area (Å²) >= 11 is 0. The minimum Gasteiger partial charge on any atom is -0.387 e. The number of amides is 1. The van der Waals surface area contributed by atoms with Crippen LogP contribution < -0.4 is 5.32 Å². The fraction of sp³-hybridized carbons (Fsp3) is 0.353. The van der Waals surface area contributed by atoms with E-state index in [4.69, 9.17) is 0 Å². The summed E-state index contributed by atoms with van der Waals surface area (Å²) in [6.07, 6.45) is 1.44. The highest BCUT2D eigenvalue weighted by molar-refractivity contribution is 7.91. The Balaban J connectivity index is 1.75. The number of rotatable bonds is 8. The Morgan fingerprint density at radius 3 is 2.54 bits per heavy atom. The first-order chi connectivity index (χ1) is 11.4. The van der Waals surface area contributed by atoms with Crippen LogP contribution >= 0.6 is 0 Å². The van der Waals surface area contributed by atoms with Gasteiger partial charge in [0.1, 0.15) is 0 Å². The van der Waals surface area contributed by atoms with E-state index in [1.54, 1.807) is 18.2 Å². The van der Waals surface area contributed by atoms with Crippen LogP contribution in [0.2, 0.25) is 0 Å². The number of benzene rings is 1. The van der Waals surface area contributed by atoms with Gasteiger partial charge in [0.2, 0.25) is 5.91 Å². The van der Waals surface area contributed by atoms with Gasteiger partial charge in [0.25, 0.3) is 0 Å². The summed E-state index contributed by atoms with van der Waals surface area (Å²) in [4.78, 5) is 12.0. The van der Waals surface area contributed by atoms with Gasteiger partial charge in [-0.05, 0) is 30.7 Å². The molecule has 0 aliphatic rings. The van der Waals surface area contributed by atoms with Crippen molar-refractivity contribution >= 4 is 15.7 Å². The van der Waals surface area contributed by atoms with E-state index >= 15 is 0 Å². The maximum Gasteiger partial charge on any atom is 0.221 e. The summed E-state index contributed by atoms with van der Waals surface area (Å²) < 4.78 is 26.0. The second kappa shape index (κ2) is 8.12. The van der Waals surface area contributed by atoms with Gasteiger partial charge < -0.3 is 15.0 Å². The lowest BCUT2D eigenvalue weighted by Gasteiger charge is -2.12. The van der Waals surface area contributed by atoms with E-state index in [0.717, 1.165) is 5.69 Å². The van der Waals surface area contributed by atoms with Gasteiger partial charge in [-0.15, -0.1) is 0 Å². The van der Waals surface area contributed by atoms with Crippen LogP contribution in [0.1, 0.15) is 24.6 Å². The fourth-order valence-electron chi connectivity index (χ4n) is 2.38. The Labute approximate surface area is 142 Å². The lowest BCUT2D eigenvalue weighted by atomic mass is 10.2. The molecule has 6 nitrogen and oxygen atoms in total. The number of aliphatic hydroxyl groups is 1. The second-order valence-corrected chi connectivity index (χ2v) is 7.69. The molecule has 0 fully saturated rings. The zero-order chi connectivity index (χ0) is 17.6. The van der Waals surface area contributed by atoms with Gasteiger partial charge >= 0.3 is 0 Å². The Morgan fingerprint density at radius 1 is 1.21 bits per heavy atom. The maximum atomic E-state index is 12.1. The molecule has 0 saturated carbocycles. The summed E-state index contributed by atoms with van der Waals surface area (Å²) in [5, 5.41) is 12.7. The number of aromatic nitrogens is 1. The molecule has 0 aliphatic carbocycles. The van der Waals surface area contributed by atoms with E-state index in [9.17, 15) is 18.3 Å². The maximum absolute atomic E-state index is 12.1. The topological polar surface area (TPSA) is 88.4 Å². The Kier molecular flexibility index (Phi) is 6.16. The van der Waals surface area contributed by atoms with Crippen molar-refractivity contribution < 1.29 is 18.3 Å². The first kappa shape index (κ1) is 18.2. The summed E-state index contributed by atoms with van der Waals surface area (Å²) in [5.74, 6) is -0.572. The lowest BCUT2D eigenvalue weighted by Crippen LogP contribution is -2.27. The third-order valence-corrected chi connectivity index (χ3v) is 5.50. The molecule has 1 atom stereocenters. The predicted octanol–water partition coefficient (Wildman–Crippen LogP) is 1.43. The molecule has 2 rings (SSSR count). The highest BCUT2D eigenvalue weighted by atomic mass is 32.2. The number of aryl methyl sites for hydroxylation is 1. The number of hydrogen-bond acceptors (Lipinski definition) is 4. The Hall–Kier alpha value is -2.12. The molecule has 7 heteroatoms. The van der Waals surface area contributed by atoms with Crippen LogP contribution in [0.25, 0.3) is 0 Å². The molecule has 0 bridgehead atoms. The largest absolute Gasteiger partial charge is 0.387 e. The summed E-state index contributed by atoms with van der Waals surface area (Å²) in [5.41, 5.74) is 0.774. The van der Waals surface area contributed by atoms with Crippen molar-refractivity contribution in [3.8, 4) is 0 Å². The summed E-state index contributed by atoms with van der Waals surface area (Å²) in [6.45, 7) is 0.288. The number of carbonyl (C=O) groups excluding carboxylic acids is 1. The molecule has 0 unspecified atom stereocenters. The Morgan fingerprint density at radius 2 is 1.92 bits per heavy atom. The van der Waals surface area contributed by atoms with E-state index in [0.29, 0.717) is 6.42 Å². The zero-order valence-electron chi connectivity index (χ0n) is 13.6. The SMILES string of the molecule is Cn1cccc1[C@H](O)CCNC(=O)CCS(=O)(=O)c1ccccc1. The smallest absolute Gasteiger partial charge is 0.221 e. The van der Waals surface area contributed by atoms with Gasteiger partial charge in [0.05, 0.1) is 16.8 Å². The molecule has 2 N–H and O–H groups in total. The molecule has 1 aromatic carbocycles. The first-order valence-electron chi connectivity index (χ1n) is 7.74. The number of nitrogens with zero attached hydrogens (tertiary/aromatic N) is 1. The van der Waals surface area contributed by atoms with Crippen molar-refractivity contribution in [2.24, 2.45) is 7.05 Å². The van der Waals surface area contributed by atoms with E-state index in [1.807, 2.05) is 29.9 Å². The minimum atomic E-state index is -3.45. The van der Waals surface area contributed by atoms with Gasteiger partial charge in [-0.1, -0.05) is 18.2 Å². The van der Waals surface area contributed by atoms with Crippen LogP contribution in [0.5, 0.6) is 0 Å². The quantitative estimate of drug-likeness (QED) is 0.754. The standard InChI is InChI=1S/C17H22N2O4S/c1-19-12-5-8-15(19)16(20)9-11-18-17(21)10-13-24(22,23)14-6-3-2-4-7-14/h2-8,12,16,20H,9-11,13H2,1H3,(H,18,21)/t16-/m1/s1. The van der Waals surface area contributed by atoms with Gasteiger partial charge in [-0.25, -0.2) is 8.42 Å². The second-order valence-electron chi connectivity index (χ2n) is 5.58. The van der Waals surface area contributed by atoms with Crippen molar-refractivity contribution in [3.63, 3.8) is 0 Å². The van der Waals surface area contributed by atoms with E-state index in [2.05, 4.69) is 5.32 Å². The molecule has 0 radical (unpaired) electrons.